The van der Waals surface area contributed by atoms with Gasteiger partial charge in [-0.15, -0.1) is 0 Å². The van der Waals surface area contributed by atoms with E-state index in [-0.39, 0.29) is 28.8 Å². The Balaban J connectivity index is 1.74. The van der Waals surface area contributed by atoms with Crippen molar-refractivity contribution in [2.75, 3.05) is 5.32 Å². The van der Waals surface area contributed by atoms with Gasteiger partial charge in [0.1, 0.15) is 12.4 Å². The maximum atomic E-state index is 13.4. The molecule has 0 fully saturated rings. The molecule has 0 saturated carbocycles. The highest BCUT2D eigenvalue weighted by molar-refractivity contribution is 6.39. The van der Waals surface area contributed by atoms with Crippen molar-refractivity contribution in [3.63, 3.8) is 0 Å². The van der Waals surface area contributed by atoms with Crippen LogP contribution < -0.4 is 5.32 Å². The van der Waals surface area contributed by atoms with E-state index >= 15 is 0 Å². The first-order chi connectivity index (χ1) is 14.9. The van der Waals surface area contributed by atoms with Crippen LogP contribution in [0.2, 0.25) is 10.0 Å². The summed E-state index contributed by atoms with van der Waals surface area (Å²) in [5.74, 6) is -2.00. The molecular formula is C23H18Cl2FNO4. The molecule has 0 aliphatic carbocycles. The predicted octanol–water partition coefficient (Wildman–Crippen LogP) is 5.40. The van der Waals surface area contributed by atoms with Crippen molar-refractivity contribution in [2.24, 2.45) is 0 Å². The highest BCUT2D eigenvalue weighted by Gasteiger charge is 2.26. The van der Waals surface area contributed by atoms with Gasteiger partial charge in [0.05, 0.1) is 22.2 Å². The van der Waals surface area contributed by atoms with Gasteiger partial charge < -0.3 is 14.8 Å². The van der Waals surface area contributed by atoms with Gasteiger partial charge >= 0.3 is 11.9 Å². The Morgan fingerprint density at radius 2 is 1.55 bits per heavy atom. The number of halogens is 3. The number of rotatable bonds is 8. The van der Waals surface area contributed by atoms with Crippen LogP contribution >= 0.6 is 23.2 Å². The fourth-order valence-electron chi connectivity index (χ4n) is 2.70. The highest BCUT2D eigenvalue weighted by Crippen LogP contribution is 2.30. The molecule has 31 heavy (non-hydrogen) atoms. The molecule has 0 spiro atoms. The van der Waals surface area contributed by atoms with Gasteiger partial charge in [0.25, 0.3) is 6.23 Å². The molecule has 0 radical (unpaired) electrons. The summed E-state index contributed by atoms with van der Waals surface area (Å²) in [5, 5.41) is 3.19. The van der Waals surface area contributed by atoms with Gasteiger partial charge in [0.2, 0.25) is 0 Å². The molecule has 0 aliphatic heterocycles. The second-order valence-corrected chi connectivity index (χ2v) is 7.33. The second-order valence-electron chi connectivity index (χ2n) is 6.51. The number of anilines is 1. The van der Waals surface area contributed by atoms with Gasteiger partial charge in [-0.05, 0) is 35.4 Å². The first kappa shape index (κ1) is 22.6. The molecule has 0 amide bonds. The Hall–Kier alpha value is -3.09. The molecule has 160 valence electrons. The van der Waals surface area contributed by atoms with Crippen molar-refractivity contribution in [3.8, 4) is 0 Å². The number of hydrogen-bond donors (Lipinski definition) is 1. The molecule has 0 saturated heterocycles. The normalized spacial score (nSPS) is 11.5. The lowest BCUT2D eigenvalue weighted by molar-refractivity contribution is -0.166. The topological polar surface area (TPSA) is 64.6 Å². The van der Waals surface area contributed by atoms with Crippen LogP contribution in [0.4, 0.5) is 10.1 Å². The Morgan fingerprint density at radius 3 is 2.23 bits per heavy atom. The zero-order valence-electron chi connectivity index (χ0n) is 16.2. The van der Waals surface area contributed by atoms with E-state index in [1.54, 1.807) is 48.5 Å². The Morgan fingerprint density at radius 1 is 0.903 bits per heavy atom. The zero-order valence-corrected chi connectivity index (χ0v) is 17.7. The summed E-state index contributed by atoms with van der Waals surface area (Å²) >= 11 is 12.3. The van der Waals surface area contributed by atoms with E-state index in [9.17, 15) is 14.0 Å². The largest absolute Gasteiger partial charge is 0.457 e. The number of carbonyl (C=O) groups is 2. The first-order valence-electron chi connectivity index (χ1n) is 9.27. The number of carbonyl (C=O) groups excluding carboxylic acids is 2. The average molecular weight is 462 g/mol. The number of ether oxygens (including phenoxy) is 2. The molecule has 5 nitrogen and oxygen atoms in total. The number of benzene rings is 3. The van der Waals surface area contributed by atoms with Crippen molar-refractivity contribution < 1.29 is 23.5 Å². The minimum atomic E-state index is -1.51. The van der Waals surface area contributed by atoms with Crippen molar-refractivity contribution in [1.82, 2.24) is 0 Å². The monoisotopic (exact) mass is 461 g/mol. The third-order valence-corrected chi connectivity index (χ3v) is 4.79. The van der Waals surface area contributed by atoms with E-state index in [1.807, 2.05) is 6.07 Å². The van der Waals surface area contributed by atoms with Crippen LogP contribution in [0.1, 0.15) is 11.1 Å². The van der Waals surface area contributed by atoms with Crippen molar-refractivity contribution in [1.29, 1.82) is 0 Å². The van der Waals surface area contributed by atoms with Crippen LogP contribution in [0.15, 0.2) is 72.8 Å². The van der Waals surface area contributed by atoms with Crippen LogP contribution in [-0.2, 0) is 32.1 Å². The number of para-hydroxylation sites is 1. The molecule has 0 aromatic heterocycles. The molecule has 0 aliphatic rings. The third-order valence-electron chi connectivity index (χ3n) is 4.16. The lowest BCUT2D eigenvalue weighted by atomic mass is 10.2. The Bertz CT molecular complexity index is 1040. The summed E-state index contributed by atoms with van der Waals surface area (Å²) in [6.07, 6.45) is -1.56. The van der Waals surface area contributed by atoms with Crippen molar-refractivity contribution in [3.05, 3.63) is 99.8 Å². The molecule has 8 heteroatoms. The van der Waals surface area contributed by atoms with E-state index in [0.717, 1.165) is 5.56 Å². The summed E-state index contributed by atoms with van der Waals surface area (Å²) in [5.41, 5.74) is 1.37. The summed E-state index contributed by atoms with van der Waals surface area (Å²) in [6, 6.07) is 19.3. The van der Waals surface area contributed by atoms with Gasteiger partial charge in [0, 0.05) is 0 Å². The van der Waals surface area contributed by atoms with Gasteiger partial charge in [-0.3, -0.25) is 4.79 Å². The van der Waals surface area contributed by atoms with Crippen LogP contribution in [0.5, 0.6) is 0 Å². The van der Waals surface area contributed by atoms with Gasteiger partial charge in [0.15, 0.2) is 0 Å². The molecule has 0 heterocycles. The van der Waals surface area contributed by atoms with E-state index < -0.39 is 24.0 Å². The molecule has 3 aromatic carbocycles. The highest BCUT2D eigenvalue weighted by atomic mass is 35.5. The van der Waals surface area contributed by atoms with Gasteiger partial charge in [-0.25, -0.2) is 9.18 Å². The summed E-state index contributed by atoms with van der Waals surface area (Å²) in [6.45, 7) is -0.207. The second kappa shape index (κ2) is 10.8. The molecule has 1 N–H and O–H groups in total. The maximum Gasteiger partial charge on any atom is 0.369 e. The smallest absolute Gasteiger partial charge is 0.369 e. The molecular weight excluding hydrogens is 444 g/mol. The third kappa shape index (κ3) is 6.70. The van der Waals surface area contributed by atoms with Crippen LogP contribution in [0.3, 0.4) is 0 Å². The Labute approximate surface area is 188 Å². The van der Waals surface area contributed by atoms with Crippen LogP contribution in [0, 0.1) is 5.82 Å². The lowest BCUT2D eigenvalue weighted by Crippen LogP contribution is -2.36. The SMILES string of the molecule is O=C(Cc1ccccc1)OC(Nc1c(Cl)cccc1Cl)C(=O)OCc1cccc(F)c1. The zero-order chi connectivity index (χ0) is 22.2. The quantitative estimate of drug-likeness (QED) is 0.359. The van der Waals surface area contributed by atoms with E-state index in [2.05, 4.69) is 5.32 Å². The van der Waals surface area contributed by atoms with Crippen molar-refractivity contribution in [2.45, 2.75) is 19.3 Å². The van der Waals surface area contributed by atoms with Gasteiger partial charge in [-0.2, -0.15) is 0 Å². The summed E-state index contributed by atoms with van der Waals surface area (Å²) < 4.78 is 23.9. The molecule has 0 bridgehead atoms. The maximum absolute atomic E-state index is 13.4. The van der Waals surface area contributed by atoms with Crippen molar-refractivity contribution >= 4 is 40.8 Å². The predicted molar refractivity (Wildman–Crippen MR) is 116 cm³/mol. The number of hydrogen-bond acceptors (Lipinski definition) is 5. The molecule has 1 atom stereocenters. The average Bonchev–Trinajstić information content (AvgIpc) is 2.74. The number of nitrogens with one attached hydrogen (secondary N) is 1. The first-order valence-corrected chi connectivity index (χ1v) is 10.0. The fourth-order valence-corrected chi connectivity index (χ4v) is 3.20. The minimum Gasteiger partial charge on any atom is -0.457 e. The Kier molecular flexibility index (Phi) is 7.87. The van der Waals surface area contributed by atoms with Crippen LogP contribution in [0.25, 0.3) is 0 Å². The van der Waals surface area contributed by atoms with Gasteiger partial charge in [-0.1, -0.05) is 71.7 Å². The van der Waals surface area contributed by atoms with Crippen LogP contribution in [-0.4, -0.2) is 18.2 Å². The fraction of sp³-hybridized carbons (Fsp3) is 0.130. The van der Waals surface area contributed by atoms with E-state index in [1.165, 1.54) is 18.2 Å². The van der Waals surface area contributed by atoms with E-state index in [4.69, 9.17) is 32.7 Å². The molecule has 3 rings (SSSR count). The standard InChI is InChI=1S/C23H18Cl2FNO4/c24-18-10-5-11-19(25)21(18)27-22(31-20(28)13-15-6-2-1-3-7-15)23(29)30-14-16-8-4-9-17(26)12-16/h1-12,22,27H,13-14H2. The van der Waals surface area contributed by atoms with E-state index in [0.29, 0.717) is 5.56 Å². The molecule has 3 aromatic rings. The molecule has 1 unspecified atom stereocenters. The number of esters is 2. The summed E-state index contributed by atoms with van der Waals surface area (Å²) in [4.78, 5) is 25.1. The summed E-state index contributed by atoms with van der Waals surface area (Å²) in [7, 11) is 0. The lowest BCUT2D eigenvalue weighted by Gasteiger charge is -2.20. The minimum absolute atomic E-state index is 0.0492.